The Balaban J connectivity index is 2.24. The number of rotatable bonds is 3. The molecule has 14 heavy (non-hydrogen) atoms. The Kier molecular flexibility index (Phi) is 4.41. The van der Waals surface area contributed by atoms with Crippen molar-refractivity contribution in [3.63, 3.8) is 0 Å². The Morgan fingerprint density at radius 2 is 2.07 bits per heavy atom. The number of nitrogens with one attached hydrogen (secondary N) is 1. The molecule has 1 saturated carbocycles. The third-order valence-electron chi connectivity index (χ3n) is 3.53. The quantitative estimate of drug-likeness (QED) is 0.749. The highest BCUT2D eigenvalue weighted by atomic mass is 14.9. The minimum Gasteiger partial charge on any atom is -0.313 e. The standard InChI is InChI=1S/C12H22N2/c1-9(7-13)8-14-12-5-4-10(2)11(3)6-12/h9-12,14H,4-6,8H2,1-3H3. The largest absolute Gasteiger partial charge is 0.313 e. The van der Waals surface area contributed by atoms with Crippen molar-refractivity contribution in [1.82, 2.24) is 5.32 Å². The lowest BCUT2D eigenvalue weighted by atomic mass is 9.79. The maximum atomic E-state index is 8.67. The second-order valence-electron chi connectivity index (χ2n) is 4.90. The second-order valence-corrected chi connectivity index (χ2v) is 4.90. The predicted octanol–water partition coefficient (Wildman–Crippen LogP) is 2.56. The lowest BCUT2D eigenvalue weighted by Crippen LogP contribution is -2.38. The molecule has 0 amide bonds. The molecule has 2 heteroatoms. The Labute approximate surface area is 87.7 Å². The van der Waals surface area contributed by atoms with E-state index in [1.54, 1.807) is 0 Å². The van der Waals surface area contributed by atoms with E-state index in [-0.39, 0.29) is 5.92 Å². The maximum Gasteiger partial charge on any atom is 0.0666 e. The van der Waals surface area contributed by atoms with Gasteiger partial charge in [-0.3, -0.25) is 0 Å². The van der Waals surface area contributed by atoms with Gasteiger partial charge in [0.25, 0.3) is 0 Å². The van der Waals surface area contributed by atoms with Gasteiger partial charge in [0.05, 0.1) is 12.0 Å². The molecule has 4 unspecified atom stereocenters. The van der Waals surface area contributed by atoms with E-state index in [9.17, 15) is 0 Å². The minimum absolute atomic E-state index is 0.143. The van der Waals surface area contributed by atoms with Gasteiger partial charge < -0.3 is 5.32 Å². The Morgan fingerprint density at radius 3 is 2.64 bits per heavy atom. The summed E-state index contributed by atoms with van der Waals surface area (Å²) in [5.74, 6) is 1.85. The van der Waals surface area contributed by atoms with Crippen LogP contribution in [0, 0.1) is 29.1 Å². The molecule has 1 N–H and O–H groups in total. The summed E-state index contributed by atoms with van der Waals surface area (Å²) < 4.78 is 0. The summed E-state index contributed by atoms with van der Waals surface area (Å²) in [6.45, 7) is 7.51. The van der Waals surface area contributed by atoms with E-state index in [0.29, 0.717) is 6.04 Å². The topological polar surface area (TPSA) is 35.8 Å². The molecule has 4 atom stereocenters. The molecular formula is C12H22N2. The fourth-order valence-corrected chi connectivity index (χ4v) is 2.12. The molecule has 0 saturated heterocycles. The summed E-state index contributed by atoms with van der Waals surface area (Å²) in [7, 11) is 0. The number of hydrogen-bond acceptors (Lipinski definition) is 2. The molecule has 1 rings (SSSR count). The van der Waals surface area contributed by atoms with Gasteiger partial charge in [-0.1, -0.05) is 13.8 Å². The number of nitriles is 1. The van der Waals surface area contributed by atoms with Gasteiger partial charge >= 0.3 is 0 Å². The molecule has 80 valence electrons. The van der Waals surface area contributed by atoms with Crippen LogP contribution in [0.4, 0.5) is 0 Å². The van der Waals surface area contributed by atoms with Crippen molar-refractivity contribution in [2.75, 3.05) is 6.54 Å². The highest BCUT2D eigenvalue weighted by molar-refractivity contribution is 4.84. The van der Waals surface area contributed by atoms with Crippen LogP contribution in [-0.4, -0.2) is 12.6 Å². The van der Waals surface area contributed by atoms with Gasteiger partial charge in [-0.05, 0) is 38.0 Å². The van der Waals surface area contributed by atoms with Crippen LogP contribution >= 0.6 is 0 Å². The molecule has 1 aliphatic carbocycles. The summed E-state index contributed by atoms with van der Waals surface area (Å²) in [5.41, 5.74) is 0. The van der Waals surface area contributed by atoms with Crippen molar-refractivity contribution in [2.45, 2.75) is 46.1 Å². The third-order valence-corrected chi connectivity index (χ3v) is 3.53. The molecule has 0 bridgehead atoms. The first kappa shape index (κ1) is 11.5. The van der Waals surface area contributed by atoms with Crippen molar-refractivity contribution in [3.8, 4) is 6.07 Å². The van der Waals surface area contributed by atoms with E-state index in [0.717, 1.165) is 18.4 Å². The van der Waals surface area contributed by atoms with Crippen molar-refractivity contribution in [3.05, 3.63) is 0 Å². The lowest BCUT2D eigenvalue weighted by Gasteiger charge is -2.32. The van der Waals surface area contributed by atoms with Crippen LogP contribution in [0.25, 0.3) is 0 Å². The lowest BCUT2D eigenvalue weighted by molar-refractivity contribution is 0.224. The second kappa shape index (κ2) is 5.36. The first-order valence-corrected chi connectivity index (χ1v) is 5.76. The van der Waals surface area contributed by atoms with Gasteiger partial charge in [0, 0.05) is 12.6 Å². The van der Waals surface area contributed by atoms with Crippen LogP contribution in [0.2, 0.25) is 0 Å². The zero-order valence-corrected chi connectivity index (χ0v) is 9.59. The van der Waals surface area contributed by atoms with Gasteiger partial charge in [0.1, 0.15) is 0 Å². The fourth-order valence-electron chi connectivity index (χ4n) is 2.12. The van der Waals surface area contributed by atoms with E-state index in [2.05, 4.69) is 25.2 Å². The zero-order chi connectivity index (χ0) is 10.6. The summed E-state index contributed by atoms with van der Waals surface area (Å²) >= 11 is 0. The van der Waals surface area contributed by atoms with Crippen molar-refractivity contribution >= 4 is 0 Å². The minimum atomic E-state index is 0.143. The van der Waals surface area contributed by atoms with E-state index >= 15 is 0 Å². The molecule has 1 fully saturated rings. The highest BCUT2D eigenvalue weighted by Crippen LogP contribution is 2.29. The third kappa shape index (κ3) is 3.31. The first-order valence-electron chi connectivity index (χ1n) is 5.76. The molecule has 0 aromatic rings. The van der Waals surface area contributed by atoms with Crippen LogP contribution in [0.5, 0.6) is 0 Å². The summed E-state index contributed by atoms with van der Waals surface area (Å²) in [6.07, 6.45) is 3.89. The molecule has 0 aliphatic heterocycles. The Hall–Kier alpha value is -0.550. The SMILES string of the molecule is CC(C#N)CNC1CCC(C)C(C)C1. The van der Waals surface area contributed by atoms with Gasteiger partial charge in [-0.25, -0.2) is 0 Å². The molecule has 1 aliphatic rings. The van der Waals surface area contributed by atoms with Crippen LogP contribution < -0.4 is 5.32 Å². The van der Waals surface area contributed by atoms with Gasteiger partial charge in [-0.2, -0.15) is 5.26 Å². The van der Waals surface area contributed by atoms with Crippen molar-refractivity contribution in [2.24, 2.45) is 17.8 Å². The fraction of sp³-hybridized carbons (Fsp3) is 0.917. The maximum absolute atomic E-state index is 8.67. The highest BCUT2D eigenvalue weighted by Gasteiger charge is 2.24. The van der Waals surface area contributed by atoms with Crippen LogP contribution in [0.1, 0.15) is 40.0 Å². The van der Waals surface area contributed by atoms with Crippen molar-refractivity contribution < 1.29 is 0 Å². The monoisotopic (exact) mass is 194 g/mol. The Morgan fingerprint density at radius 1 is 1.36 bits per heavy atom. The molecule has 2 nitrogen and oxygen atoms in total. The molecule has 0 spiro atoms. The van der Waals surface area contributed by atoms with Gasteiger partial charge in [0.15, 0.2) is 0 Å². The van der Waals surface area contributed by atoms with E-state index in [1.807, 2.05) is 6.92 Å². The van der Waals surface area contributed by atoms with Crippen molar-refractivity contribution in [1.29, 1.82) is 5.26 Å². The number of hydrogen-bond donors (Lipinski definition) is 1. The first-order chi connectivity index (χ1) is 6.63. The summed E-state index contributed by atoms with van der Waals surface area (Å²) in [6, 6.07) is 2.91. The smallest absolute Gasteiger partial charge is 0.0666 e. The summed E-state index contributed by atoms with van der Waals surface area (Å²) in [5, 5.41) is 12.2. The van der Waals surface area contributed by atoms with E-state index in [1.165, 1.54) is 19.3 Å². The molecule has 0 aromatic carbocycles. The van der Waals surface area contributed by atoms with E-state index in [4.69, 9.17) is 5.26 Å². The average molecular weight is 194 g/mol. The normalized spacial score (nSPS) is 34.9. The van der Waals surface area contributed by atoms with Gasteiger partial charge in [0.2, 0.25) is 0 Å². The van der Waals surface area contributed by atoms with Gasteiger partial charge in [-0.15, -0.1) is 0 Å². The van der Waals surface area contributed by atoms with Crippen LogP contribution in [-0.2, 0) is 0 Å². The van der Waals surface area contributed by atoms with Crippen LogP contribution in [0.15, 0.2) is 0 Å². The Bertz CT molecular complexity index is 207. The van der Waals surface area contributed by atoms with E-state index < -0.39 is 0 Å². The molecule has 0 radical (unpaired) electrons. The number of nitrogens with zero attached hydrogens (tertiary/aromatic N) is 1. The zero-order valence-electron chi connectivity index (χ0n) is 9.59. The molecule has 0 heterocycles. The summed E-state index contributed by atoms with van der Waals surface area (Å²) in [4.78, 5) is 0. The van der Waals surface area contributed by atoms with Crippen LogP contribution in [0.3, 0.4) is 0 Å². The average Bonchev–Trinajstić information content (AvgIpc) is 2.19. The predicted molar refractivity (Wildman–Crippen MR) is 58.7 cm³/mol. The molecular weight excluding hydrogens is 172 g/mol. The molecule has 0 aromatic heterocycles.